The lowest BCUT2D eigenvalue weighted by Crippen LogP contribution is -2.43. The molecule has 106 valence electrons. The van der Waals surface area contributed by atoms with Crippen molar-refractivity contribution in [2.45, 2.75) is 52.0 Å². The van der Waals surface area contributed by atoms with Crippen LogP contribution in [0.25, 0.3) is 0 Å². The second kappa shape index (κ2) is 6.36. The van der Waals surface area contributed by atoms with E-state index in [2.05, 4.69) is 35.1 Å². The SMILES string of the molecule is CCNC(Cc1ccc(F)cc1Br)C1(C)CCCC1. The Bertz CT molecular complexity index is 427. The third-order valence-electron chi connectivity index (χ3n) is 4.48. The Hall–Kier alpha value is -0.410. The van der Waals surface area contributed by atoms with Gasteiger partial charge < -0.3 is 5.32 Å². The number of rotatable bonds is 5. The van der Waals surface area contributed by atoms with Gasteiger partial charge in [-0.05, 0) is 48.9 Å². The molecular weight excluding hydrogens is 305 g/mol. The molecule has 2 rings (SSSR count). The average Bonchev–Trinajstić information content (AvgIpc) is 2.80. The molecule has 1 fully saturated rings. The van der Waals surface area contributed by atoms with E-state index in [-0.39, 0.29) is 5.82 Å². The normalized spacial score (nSPS) is 19.6. The molecule has 1 N–H and O–H groups in total. The summed E-state index contributed by atoms with van der Waals surface area (Å²) in [5.74, 6) is -0.178. The summed E-state index contributed by atoms with van der Waals surface area (Å²) < 4.78 is 14.0. The quantitative estimate of drug-likeness (QED) is 0.827. The molecule has 0 bridgehead atoms. The van der Waals surface area contributed by atoms with Crippen molar-refractivity contribution < 1.29 is 4.39 Å². The zero-order valence-corrected chi connectivity index (χ0v) is 13.4. The van der Waals surface area contributed by atoms with E-state index >= 15 is 0 Å². The first-order valence-corrected chi connectivity index (χ1v) is 8.02. The molecule has 1 saturated carbocycles. The first kappa shape index (κ1) is 15.0. The molecule has 0 saturated heterocycles. The molecule has 0 amide bonds. The molecular formula is C16H23BrFN. The fourth-order valence-corrected chi connectivity index (χ4v) is 3.76. The van der Waals surface area contributed by atoms with Crippen molar-refractivity contribution >= 4 is 15.9 Å². The monoisotopic (exact) mass is 327 g/mol. The molecule has 3 heteroatoms. The third-order valence-corrected chi connectivity index (χ3v) is 5.21. The van der Waals surface area contributed by atoms with Gasteiger partial charge >= 0.3 is 0 Å². The largest absolute Gasteiger partial charge is 0.313 e. The predicted molar refractivity (Wildman–Crippen MR) is 81.8 cm³/mol. The Morgan fingerprint density at radius 1 is 1.37 bits per heavy atom. The van der Waals surface area contributed by atoms with Crippen LogP contribution in [-0.4, -0.2) is 12.6 Å². The topological polar surface area (TPSA) is 12.0 Å². The molecule has 0 heterocycles. The standard InChI is InChI=1S/C16H23BrFN/c1-3-19-15(16(2)8-4-5-9-16)10-12-6-7-13(18)11-14(12)17/h6-7,11,15,19H,3-5,8-10H2,1-2H3. The van der Waals surface area contributed by atoms with Gasteiger partial charge in [0, 0.05) is 10.5 Å². The highest BCUT2D eigenvalue weighted by molar-refractivity contribution is 9.10. The fraction of sp³-hybridized carbons (Fsp3) is 0.625. The number of benzene rings is 1. The smallest absolute Gasteiger partial charge is 0.124 e. The van der Waals surface area contributed by atoms with Crippen molar-refractivity contribution in [3.8, 4) is 0 Å². The highest BCUT2D eigenvalue weighted by Gasteiger charge is 2.36. The average molecular weight is 328 g/mol. The number of halogens is 2. The first-order chi connectivity index (χ1) is 9.05. The van der Waals surface area contributed by atoms with Gasteiger partial charge in [-0.3, -0.25) is 0 Å². The Balaban J connectivity index is 2.16. The molecule has 0 aliphatic heterocycles. The zero-order valence-electron chi connectivity index (χ0n) is 11.8. The number of nitrogens with one attached hydrogen (secondary N) is 1. The van der Waals surface area contributed by atoms with Crippen LogP contribution in [0.15, 0.2) is 22.7 Å². The van der Waals surface area contributed by atoms with Gasteiger partial charge in [-0.2, -0.15) is 0 Å². The molecule has 1 aliphatic carbocycles. The van der Waals surface area contributed by atoms with Crippen molar-refractivity contribution in [3.05, 3.63) is 34.1 Å². The van der Waals surface area contributed by atoms with Crippen molar-refractivity contribution in [2.24, 2.45) is 5.41 Å². The lowest BCUT2D eigenvalue weighted by atomic mass is 9.78. The molecule has 1 atom stereocenters. The van der Waals surface area contributed by atoms with E-state index in [4.69, 9.17) is 0 Å². The van der Waals surface area contributed by atoms with Crippen LogP contribution in [-0.2, 0) is 6.42 Å². The molecule has 0 spiro atoms. The van der Waals surface area contributed by atoms with Gasteiger partial charge in [0.25, 0.3) is 0 Å². The van der Waals surface area contributed by atoms with Gasteiger partial charge in [-0.15, -0.1) is 0 Å². The summed E-state index contributed by atoms with van der Waals surface area (Å²) in [7, 11) is 0. The Morgan fingerprint density at radius 3 is 2.63 bits per heavy atom. The summed E-state index contributed by atoms with van der Waals surface area (Å²) in [6.07, 6.45) is 6.23. The van der Waals surface area contributed by atoms with Crippen LogP contribution in [0, 0.1) is 11.2 Å². The molecule has 1 unspecified atom stereocenters. The number of hydrogen-bond acceptors (Lipinski definition) is 1. The van der Waals surface area contributed by atoms with Crippen LogP contribution >= 0.6 is 15.9 Å². The predicted octanol–water partition coefficient (Wildman–Crippen LogP) is 4.69. The van der Waals surface area contributed by atoms with Crippen LogP contribution in [0.4, 0.5) is 4.39 Å². The molecule has 1 aromatic carbocycles. The van der Waals surface area contributed by atoms with E-state index in [1.807, 2.05) is 6.07 Å². The highest BCUT2D eigenvalue weighted by Crippen LogP contribution is 2.42. The van der Waals surface area contributed by atoms with Gasteiger partial charge in [-0.1, -0.05) is 48.7 Å². The van der Waals surface area contributed by atoms with Crippen LogP contribution < -0.4 is 5.32 Å². The van der Waals surface area contributed by atoms with E-state index < -0.39 is 0 Å². The highest BCUT2D eigenvalue weighted by atomic mass is 79.9. The minimum atomic E-state index is -0.178. The van der Waals surface area contributed by atoms with E-state index in [1.54, 1.807) is 12.1 Å². The molecule has 1 aromatic rings. The van der Waals surface area contributed by atoms with E-state index in [1.165, 1.54) is 31.2 Å². The Labute approximate surface area is 124 Å². The maximum Gasteiger partial charge on any atom is 0.124 e. The van der Waals surface area contributed by atoms with Crippen LogP contribution in [0.2, 0.25) is 0 Å². The van der Waals surface area contributed by atoms with Gasteiger partial charge in [0.1, 0.15) is 5.82 Å². The molecule has 0 radical (unpaired) electrons. The molecule has 1 nitrogen and oxygen atoms in total. The van der Waals surface area contributed by atoms with Gasteiger partial charge in [0.2, 0.25) is 0 Å². The van der Waals surface area contributed by atoms with Gasteiger partial charge in [0.15, 0.2) is 0 Å². The number of likely N-dealkylation sites (N-methyl/N-ethyl adjacent to an activating group) is 1. The summed E-state index contributed by atoms with van der Waals surface area (Å²) in [6.45, 7) is 5.54. The Kier molecular flexibility index (Phi) is 5.02. The van der Waals surface area contributed by atoms with Crippen LogP contribution in [0.5, 0.6) is 0 Å². The maximum atomic E-state index is 13.2. The van der Waals surface area contributed by atoms with E-state index in [0.29, 0.717) is 11.5 Å². The zero-order chi connectivity index (χ0) is 13.9. The molecule has 1 aliphatic rings. The lowest BCUT2D eigenvalue weighted by molar-refractivity contribution is 0.222. The van der Waals surface area contributed by atoms with E-state index in [0.717, 1.165) is 17.4 Å². The van der Waals surface area contributed by atoms with Crippen molar-refractivity contribution in [3.63, 3.8) is 0 Å². The van der Waals surface area contributed by atoms with Gasteiger partial charge in [0.05, 0.1) is 0 Å². The second-order valence-corrected chi connectivity index (χ2v) is 6.77. The molecule has 0 aromatic heterocycles. The summed E-state index contributed by atoms with van der Waals surface area (Å²) in [5, 5.41) is 3.64. The molecule has 19 heavy (non-hydrogen) atoms. The van der Waals surface area contributed by atoms with Crippen molar-refractivity contribution in [1.82, 2.24) is 5.32 Å². The van der Waals surface area contributed by atoms with E-state index in [9.17, 15) is 4.39 Å². The minimum Gasteiger partial charge on any atom is -0.313 e. The minimum absolute atomic E-state index is 0.178. The van der Waals surface area contributed by atoms with Crippen LogP contribution in [0.3, 0.4) is 0 Å². The Morgan fingerprint density at radius 2 is 2.05 bits per heavy atom. The van der Waals surface area contributed by atoms with Crippen molar-refractivity contribution in [1.29, 1.82) is 0 Å². The summed E-state index contributed by atoms with van der Waals surface area (Å²) in [5.41, 5.74) is 1.57. The second-order valence-electron chi connectivity index (χ2n) is 5.91. The summed E-state index contributed by atoms with van der Waals surface area (Å²) in [6, 6.07) is 5.50. The first-order valence-electron chi connectivity index (χ1n) is 7.22. The summed E-state index contributed by atoms with van der Waals surface area (Å²) >= 11 is 3.49. The van der Waals surface area contributed by atoms with Crippen molar-refractivity contribution in [2.75, 3.05) is 6.54 Å². The van der Waals surface area contributed by atoms with Gasteiger partial charge in [-0.25, -0.2) is 4.39 Å². The lowest BCUT2D eigenvalue weighted by Gasteiger charge is -2.35. The van der Waals surface area contributed by atoms with Crippen LogP contribution in [0.1, 0.15) is 45.1 Å². The maximum absolute atomic E-state index is 13.2. The third kappa shape index (κ3) is 3.57. The summed E-state index contributed by atoms with van der Waals surface area (Å²) in [4.78, 5) is 0. The fourth-order valence-electron chi connectivity index (χ4n) is 3.25. The number of hydrogen-bond donors (Lipinski definition) is 1.